The van der Waals surface area contributed by atoms with Gasteiger partial charge in [0.25, 0.3) is 5.91 Å². The van der Waals surface area contributed by atoms with Crippen LogP contribution in [0.4, 0.5) is 5.69 Å². The van der Waals surface area contributed by atoms with Crippen molar-refractivity contribution in [1.29, 1.82) is 5.26 Å². The Labute approximate surface area is 159 Å². The molecular weight excluding hydrogens is 362 g/mol. The summed E-state index contributed by atoms with van der Waals surface area (Å²) < 4.78 is 22.5. The van der Waals surface area contributed by atoms with Crippen LogP contribution in [0.15, 0.2) is 59.0 Å². The van der Waals surface area contributed by atoms with Crippen molar-refractivity contribution in [3.05, 3.63) is 65.2 Å². The lowest BCUT2D eigenvalue weighted by Crippen LogP contribution is -2.14. The van der Waals surface area contributed by atoms with Crippen molar-refractivity contribution in [3.8, 4) is 6.07 Å². The predicted molar refractivity (Wildman–Crippen MR) is 105 cm³/mol. The number of nitrogens with one attached hydrogen (secondary N) is 1. The van der Waals surface area contributed by atoms with Crippen LogP contribution < -0.4 is 10.5 Å². The number of carbonyl (C=O) groups excluding carboxylic acids is 1. The number of nitrogens with two attached hydrogens (primary N) is 1. The summed E-state index contributed by atoms with van der Waals surface area (Å²) in [4.78, 5) is 12.3. The van der Waals surface area contributed by atoms with E-state index in [-0.39, 0.29) is 15.9 Å². The Morgan fingerprint density at radius 3 is 2.07 bits per heavy atom. The highest BCUT2D eigenvalue weighted by molar-refractivity contribution is 7.89. The first-order chi connectivity index (χ1) is 12.5. The zero-order chi connectivity index (χ0) is 20.2. The molecule has 0 fully saturated rings. The van der Waals surface area contributed by atoms with Crippen molar-refractivity contribution < 1.29 is 13.2 Å². The lowest BCUT2D eigenvalue weighted by Gasteiger charge is -2.18. The summed E-state index contributed by atoms with van der Waals surface area (Å²) in [7, 11) is -3.80. The standard InChI is InChI=1S/C20H21N3O3S/c1-20(2,3)16-6-4-14(5-7-16)12-15(13-21)19(24)23-17-8-10-18(11-9-17)27(22,25)26/h4-12H,1-3H3,(H,23,24)(H2,22,25,26)/b15-12+. The quantitative estimate of drug-likeness (QED) is 0.623. The van der Waals surface area contributed by atoms with Gasteiger partial charge in [-0.1, -0.05) is 45.0 Å². The Hall–Kier alpha value is -2.95. The fourth-order valence-corrected chi connectivity index (χ4v) is 2.84. The first kappa shape index (κ1) is 20.4. The Balaban J connectivity index is 2.18. The number of anilines is 1. The summed E-state index contributed by atoms with van der Waals surface area (Å²) in [5.74, 6) is -0.583. The van der Waals surface area contributed by atoms with Crippen LogP contribution >= 0.6 is 0 Å². The Morgan fingerprint density at radius 2 is 1.63 bits per heavy atom. The molecule has 2 aromatic carbocycles. The van der Waals surface area contributed by atoms with E-state index in [9.17, 15) is 18.5 Å². The molecule has 27 heavy (non-hydrogen) atoms. The molecule has 0 aliphatic carbocycles. The van der Waals surface area contributed by atoms with E-state index in [0.29, 0.717) is 5.69 Å². The fraction of sp³-hybridized carbons (Fsp3) is 0.200. The van der Waals surface area contributed by atoms with E-state index < -0.39 is 15.9 Å². The van der Waals surface area contributed by atoms with Gasteiger partial charge in [-0.15, -0.1) is 0 Å². The third-order valence-corrected chi connectivity index (χ3v) is 4.82. The number of rotatable bonds is 4. The largest absolute Gasteiger partial charge is 0.321 e. The molecule has 0 saturated heterocycles. The normalized spacial score (nSPS) is 12.3. The minimum Gasteiger partial charge on any atom is -0.321 e. The Morgan fingerprint density at radius 1 is 1.07 bits per heavy atom. The molecule has 7 heteroatoms. The SMILES string of the molecule is CC(C)(C)c1ccc(/C=C(\C#N)C(=O)Nc2ccc(S(N)(=O)=O)cc2)cc1. The van der Waals surface area contributed by atoms with Crippen LogP contribution in [0.2, 0.25) is 0 Å². The summed E-state index contributed by atoms with van der Waals surface area (Å²) in [5.41, 5.74) is 2.20. The maximum absolute atomic E-state index is 12.3. The van der Waals surface area contributed by atoms with E-state index in [1.807, 2.05) is 30.3 Å². The molecular formula is C20H21N3O3S. The maximum Gasteiger partial charge on any atom is 0.266 e. The number of nitriles is 1. The first-order valence-electron chi connectivity index (χ1n) is 8.17. The maximum atomic E-state index is 12.3. The Kier molecular flexibility index (Phi) is 5.84. The number of sulfonamides is 1. The van der Waals surface area contributed by atoms with Crippen LogP contribution in [0.25, 0.3) is 6.08 Å². The second kappa shape index (κ2) is 7.74. The number of hydrogen-bond donors (Lipinski definition) is 2. The lowest BCUT2D eigenvalue weighted by atomic mass is 9.86. The highest BCUT2D eigenvalue weighted by Crippen LogP contribution is 2.23. The van der Waals surface area contributed by atoms with Gasteiger partial charge in [0.15, 0.2) is 0 Å². The fourth-order valence-electron chi connectivity index (χ4n) is 2.32. The average molecular weight is 383 g/mol. The van der Waals surface area contributed by atoms with Crippen LogP contribution in [0.1, 0.15) is 31.9 Å². The second-order valence-corrected chi connectivity index (χ2v) is 8.63. The monoisotopic (exact) mass is 383 g/mol. The van der Waals surface area contributed by atoms with Crippen LogP contribution in [0, 0.1) is 11.3 Å². The molecule has 0 radical (unpaired) electrons. The third kappa shape index (κ3) is 5.51. The van der Waals surface area contributed by atoms with Crippen molar-refractivity contribution in [2.75, 3.05) is 5.32 Å². The van der Waals surface area contributed by atoms with Gasteiger partial charge in [0.05, 0.1) is 4.90 Å². The summed E-state index contributed by atoms with van der Waals surface area (Å²) >= 11 is 0. The van der Waals surface area contributed by atoms with Gasteiger partial charge >= 0.3 is 0 Å². The summed E-state index contributed by atoms with van der Waals surface area (Å²) in [6.45, 7) is 6.31. The van der Waals surface area contributed by atoms with Crippen LogP contribution in [-0.4, -0.2) is 14.3 Å². The van der Waals surface area contributed by atoms with Crippen molar-refractivity contribution in [2.45, 2.75) is 31.1 Å². The highest BCUT2D eigenvalue weighted by atomic mass is 32.2. The molecule has 0 bridgehead atoms. The smallest absolute Gasteiger partial charge is 0.266 e. The van der Waals surface area contributed by atoms with Crippen molar-refractivity contribution in [3.63, 3.8) is 0 Å². The first-order valence-corrected chi connectivity index (χ1v) is 9.72. The molecule has 2 aromatic rings. The van der Waals surface area contributed by atoms with Gasteiger partial charge in [0.2, 0.25) is 10.0 Å². The molecule has 2 rings (SSSR count). The van der Waals surface area contributed by atoms with E-state index in [1.54, 1.807) is 0 Å². The van der Waals surface area contributed by atoms with Crippen molar-refractivity contribution >= 4 is 27.7 Å². The van der Waals surface area contributed by atoms with E-state index in [0.717, 1.165) is 11.1 Å². The summed E-state index contributed by atoms with van der Waals surface area (Å²) in [5, 5.41) is 16.9. The second-order valence-electron chi connectivity index (χ2n) is 7.07. The topological polar surface area (TPSA) is 113 Å². The molecule has 0 heterocycles. The van der Waals surface area contributed by atoms with Gasteiger partial charge in [-0.2, -0.15) is 5.26 Å². The Bertz CT molecular complexity index is 1010. The van der Waals surface area contributed by atoms with Gasteiger partial charge < -0.3 is 5.32 Å². The molecule has 6 nitrogen and oxygen atoms in total. The number of amides is 1. The number of hydrogen-bond acceptors (Lipinski definition) is 4. The minimum atomic E-state index is -3.80. The van der Waals surface area contributed by atoms with E-state index in [1.165, 1.54) is 30.3 Å². The molecule has 0 aliphatic rings. The van der Waals surface area contributed by atoms with Crippen LogP contribution in [0.5, 0.6) is 0 Å². The molecule has 0 unspecified atom stereocenters. The molecule has 0 aromatic heterocycles. The van der Waals surface area contributed by atoms with E-state index in [4.69, 9.17) is 5.14 Å². The highest BCUT2D eigenvalue weighted by Gasteiger charge is 2.14. The molecule has 1 amide bonds. The van der Waals surface area contributed by atoms with Gasteiger partial charge in [0.1, 0.15) is 11.6 Å². The zero-order valence-electron chi connectivity index (χ0n) is 15.4. The average Bonchev–Trinajstić information content (AvgIpc) is 2.59. The summed E-state index contributed by atoms with van der Waals surface area (Å²) in [6.07, 6.45) is 1.50. The van der Waals surface area contributed by atoms with Gasteiger partial charge in [-0.3, -0.25) is 4.79 Å². The van der Waals surface area contributed by atoms with Crippen molar-refractivity contribution in [1.82, 2.24) is 0 Å². The van der Waals surface area contributed by atoms with Crippen LogP contribution in [-0.2, 0) is 20.2 Å². The molecule has 0 saturated carbocycles. The lowest BCUT2D eigenvalue weighted by molar-refractivity contribution is -0.112. The molecule has 0 aliphatic heterocycles. The van der Waals surface area contributed by atoms with Gasteiger partial charge in [0, 0.05) is 5.69 Å². The van der Waals surface area contributed by atoms with Crippen molar-refractivity contribution in [2.24, 2.45) is 5.14 Å². The summed E-state index contributed by atoms with van der Waals surface area (Å²) in [6, 6.07) is 14.9. The zero-order valence-corrected chi connectivity index (χ0v) is 16.2. The predicted octanol–water partition coefficient (Wildman–Crippen LogP) is 3.18. The van der Waals surface area contributed by atoms with E-state index in [2.05, 4.69) is 26.1 Å². The number of nitrogens with zero attached hydrogens (tertiary/aromatic N) is 1. The van der Waals surface area contributed by atoms with Gasteiger partial charge in [-0.05, 0) is 46.9 Å². The molecule has 140 valence electrons. The van der Waals surface area contributed by atoms with E-state index >= 15 is 0 Å². The number of carbonyl (C=O) groups is 1. The third-order valence-electron chi connectivity index (χ3n) is 3.89. The molecule has 0 spiro atoms. The number of primary sulfonamides is 1. The minimum absolute atomic E-state index is 0.0147. The number of benzene rings is 2. The molecule has 3 N–H and O–H groups in total. The molecule has 0 atom stereocenters. The van der Waals surface area contributed by atoms with Gasteiger partial charge in [-0.25, -0.2) is 13.6 Å². The van der Waals surface area contributed by atoms with Crippen LogP contribution in [0.3, 0.4) is 0 Å².